The van der Waals surface area contributed by atoms with Crippen LogP contribution in [-0.4, -0.2) is 35.2 Å². The summed E-state index contributed by atoms with van der Waals surface area (Å²) >= 11 is 0. The molecule has 0 saturated carbocycles. The molecule has 0 radical (unpaired) electrons. The second-order valence-corrected chi connectivity index (χ2v) is 3.69. The van der Waals surface area contributed by atoms with E-state index in [1.807, 2.05) is 6.92 Å². The monoisotopic (exact) mass is 157 g/mol. The van der Waals surface area contributed by atoms with Crippen molar-refractivity contribution in [2.24, 2.45) is 0 Å². The van der Waals surface area contributed by atoms with Crippen molar-refractivity contribution in [3.63, 3.8) is 0 Å². The number of β-amino-alcohol motifs (C(OH)–C–C–N with tert-alkyl or cyclic N) is 1. The molecule has 0 aromatic rings. The Bertz CT molecular complexity index is 114. The molecule has 1 fully saturated rings. The lowest BCUT2D eigenvalue weighted by atomic mass is 10.0. The van der Waals surface area contributed by atoms with Crippen LogP contribution in [-0.2, 0) is 0 Å². The highest BCUT2D eigenvalue weighted by molar-refractivity contribution is 4.73. The molecule has 0 aromatic carbocycles. The lowest BCUT2D eigenvalue weighted by Crippen LogP contribution is -2.41. The number of aliphatic hydroxyl groups is 1. The quantitative estimate of drug-likeness (QED) is 0.652. The molecule has 11 heavy (non-hydrogen) atoms. The van der Waals surface area contributed by atoms with Gasteiger partial charge < -0.3 is 5.11 Å². The number of nitrogens with zero attached hydrogens (tertiary/aromatic N) is 1. The Balaban J connectivity index is 2.29. The molecular weight excluding hydrogens is 138 g/mol. The summed E-state index contributed by atoms with van der Waals surface area (Å²) in [5.41, 5.74) is 0. The predicted molar refractivity (Wildman–Crippen MR) is 46.6 cm³/mol. The van der Waals surface area contributed by atoms with Gasteiger partial charge >= 0.3 is 0 Å². The maximum Gasteiger partial charge on any atom is 0.0639 e. The first-order valence-electron chi connectivity index (χ1n) is 4.62. The lowest BCUT2D eigenvalue weighted by molar-refractivity contribution is 0.0832. The van der Waals surface area contributed by atoms with Crippen LogP contribution in [0.3, 0.4) is 0 Å². The van der Waals surface area contributed by atoms with Crippen LogP contribution in [0, 0.1) is 0 Å². The van der Waals surface area contributed by atoms with Gasteiger partial charge in [0.05, 0.1) is 6.10 Å². The van der Waals surface area contributed by atoms with Crippen LogP contribution in [0.1, 0.15) is 33.1 Å². The average Bonchev–Trinajstić information content (AvgIpc) is 1.93. The normalized spacial score (nSPS) is 30.3. The Labute approximate surface area is 69.2 Å². The van der Waals surface area contributed by atoms with Gasteiger partial charge in [-0.05, 0) is 33.2 Å². The molecule has 1 heterocycles. The highest BCUT2D eigenvalue weighted by Crippen LogP contribution is 2.15. The van der Waals surface area contributed by atoms with Gasteiger partial charge in [0.25, 0.3) is 0 Å². The third-order valence-corrected chi connectivity index (χ3v) is 2.44. The van der Waals surface area contributed by atoms with Crippen molar-refractivity contribution < 1.29 is 5.11 Å². The van der Waals surface area contributed by atoms with Gasteiger partial charge in [0.15, 0.2) is 0 Å². The molecular formula is C9H19NO. The predicted octanol–water partition coefficient (Wildman–Crippen LogP) is 1.24. The minimum absolute atomic E-state index is 0.171. The van der Waals surface area contributed by atoms with Gasteiger partial charge in [0.2, 0.25) is 0 Å². The van der Waals surface area contributed by atoms with Crippen molar-refractivity contribution in [1.82, 2.24) is 4.90 Å². The first-order valence-corrected chi connectivity index (χ1v) is 4.62. The highest BCUT2D eigenvalue weighted by atomic mass is 16.3. The van der Waals surface area contributed by atoms with E-state index in [0.29, 0.717) is 6.04 Å². The molecule has 0 spiro atoms. The molecule has 0 bridgehead atoms. The number of hydrogen-bond donors (Lipinski definition) is 1. The second kappa shape index (κ2) is 4.07. The van der Waals surface area contributed by atoms with Crippen molar-refractivity contribution in [2.45, 2.75) is 45.3 Å². The van der Waals surface area contributed by atoms with Crippen LogP contribution >= 0.6 is 0 Å². The van der Waals surface area contributed by atoms with Gasteiger partial charge in [0.1, 0.15) is 0 Å². The molecule has 0 aliphatic carbocycles. The molecule has 1 saturated heterocycles. The largest absolute Gasteiger partial charge is 0.392 e. The molecule has 1 aliphatic rings. The molecule has 66 valence electrons. The SMILES string of the molecule is CC1CCCCN1C[C@H](C)O. The van der Waals surface area contributed by atoms with Gasteiger partial charge in [-0.25, -0.2) is 0 Å². The van der Waals surface area contributed by atoms with Crippen LogP contribution in [0.25, 0.3) is 0 Å². The van der Waals surface area contributed by atoms with Crippen LogP contribution in [0.4, 0.5) is 0 Å². The smallest absolute Gasteiger partial charge is 0.0639 e. The van der Waals surface area contributed by atoms with Crippen LogP contribution in [0.5, 0.6) is 0 Å². The topological polar surface area (TPSA) is 23.5 Å². The van der Waals surface area contributed by atoms with E-state index in [9.17, 15) is 5.11 Å². The number of rotatable bonds is 2. The molecule has 1 N–H and O–H groups in total. The summed E-state index contributed by atoms with van der Waals surface area (Å²) in [7, 11) is 0. The van der Waals surface area contributed by atoms with Gasteiger partial charge in [-0.15, -0.1) is 0 Å². The zero-order chi connectivity index (χ0) is 8.27. The Morgan fingerprint density at radius 2 is 2.27 bits per heavy atom. The molecule has 1 aliphatic heterocycles. The molecule has 2 nitrogen and oxygen atoms in total. The van der Waals surface area contributed by atoms with E-state index in [4.69, 9.17) is 0 Å². The fourth-order valence-corrected chi connectivity index (χ4v) is 1.77. The number of aliphatic hydroxyl groups excluding tert-OH is 1. The van der Waals surface area contributed by atoms with E-state index in [2.05, 4.69) is 11.8 Å². The Kier molecular flexibility index (Phi) is 3.34. The maximum atomic E-state index is 9.18. The van der Waals surface area contributed by atoms with E-state index in [1.54, 1.807) is 0 Å². The van der Waals surface area contributed by atoms with E-state index >= 15 is 0 Å². The van der Waals surface area contributed by atoms with Crippen molar-refractivity contribution >= 4 is 0 Å². The molecule has 2 heteroatoms. The van der Waals surface area contributed by atoms with E-state index in [1.165, 1.54) is 25.8 Å². The van der Waals surface area contributed by atoms with Crippen molar-refractivity contribution in [1.29, 1.82) is 0 Å². The maximum absolute atomic E-state index is 9.18. The Morgan fingerprint density at radius 3 is 2.82 bits per heavy atom. The van der Waals surface area contributed by atoms with Crippen molar-refractivity contribution in [3.05, 3.63) is 0 Å². The second-order valence-electron chi connectivity index (χ2n) is 3.69. The molecule has 2 atom stereocenters. The number of piperidine rings is 1. The van der Waals surface area contributed by atoms with Crippen LogP contribution in [0.15, 0.2) is 0 Å². The van der Waals surface area contributed by atoms with Crippen molar-refractivity contribution in [2.75, 3.05) is 13.1 Å². The first kappa shape index (κ1) is 9.01. The first-order chi connectivity index (χ1) is 5.20. The Morgan fingerprint density at radius 1 is 1.55 bits per heavy atom. The molecule has 0 aromatic heterocycles. The third kappa shape index (κ3) is 2.80. The Hall–Kier alpha value is -0.0800. The standard InChI is InChI=1S/C9H19NO/c1-8-5-3-4-6-10(8)7-9(2)11/h8-9,11H,3-7H2,1-2H3/t8?,9-/m0/s1. The zero-order valence-electron chi connectivity index (χ0n) is 7.58. The zero-order valence-corrected chi connectivity index (χ0v) is 7.58. The fraction of sp³-hybridized carbons (Fsp3) is 1.00. The highest BCUT2D eigenvalue weighted by Gasteiger charge is 2.18. The van der Waals surface area contributed by atoms with Gasteiger partial charge in [-0.2, -0.15) is 0 Å². The number of hydrogen-bond acceptors (Lipinski definition) is 2. The van der Waals surface area contributed by atoms with Crippen molar-refractivity contribution in [3.8, 4) is 0 Å². The number of likely N-dealkylation sites (tertiary alicyclic amines) is 1. The summed E-state index contributed by atoms with van der Waals surface area (Å²) in [4.78, 5) is 2.38. The minimum Gasteiger partial charge on any atom is -0.392 e. The average molecular weight is 157 g/mol. The van der Waals surface area contributed by atoms with Gasteiger partial charge in [0, 0.05) is 12.6 Å². The van der Waals surface area contributed by atoms with E-state index < -0.39 is 0 Å². The summed E-state index contributed by atoms with van der Waals surface area (Å²) in [5, 5.41) is 9.18. The van der Waals surface area contributed by atoms with Gasteiger partial charge in [-0.3, -0.25) is 4.90 Å². The third-order valence-electron chi connectivity index (χ3n) is 2.44. The van der Waals surface area contributed by atoms with Crippen LogP contribution in [0.2, 0.25) is 0 Å². The summed E-state index contributed by atoms with van der Waals surface area (Å²) in [5.74, 6) is 0. The van der Waals surface area contributed by atoms with E-state index in [-0.39, 0.29) is 6.10 Å². The summed E-state index contributed by atoms with van der Waals surface area (Å²) < 4.78 is 0. The molecule has 0 amide bonds. The van der Waals surface area contributed by atoms with Crippen LogP contribution < -0.4 is 0 Å². The summed E-state index contributed by atoms with van der Waals surface area (Å²) in [6, 6.07) is 0.679. The minimum atomic E-state index is -0.171. The molecule has 1 unspecified atom stereocenters. The summed E-state index contributed by atoms with van der Waals surface area (Å²) in [6.45, 7) is 6.14. The molecule has 1 rings (SSSR count). The van der Waals surface area contributed by atoms with E-state index in [0.717, 1.165) is 6.54 Å². The van der Waals surface area contributed by atoms with Gasteiger partial charge in [-0.1, -0.05) is 6.42 Å². The summed E-state index contributed by atoms with van der Waals surface area (Å²) in [6.07, 6.45) is 3.79. The fourth-order valence-electron chi connectivity index (χ4n) is 1.77. The lowest BCUT2D eigenvalue weighted by Gasteiger charge is -2.33.